The number of carbonyl (C=O) groups is 1. The summed E-state index contributed by atoms with van der Waals surface area (Å²) in [6, 6.07) is 4.92. The van der Waals surface area contributed by atoms with Gasteiger partial charge in [0, 0.05) is 38.3 Å². The molecule has 1 amide bonds. The smallest absolute Gasteiger partial charge is 0.250 e. The minimum absolute atomic E-state index is 0.0111. The molecule has 0 aromatic carbocycles. The van der Waals surface area contributed by atoms with Crippen LogP contribution < -0.4 is 5.56 Å². The fourth-order valence-electron chi connectivity index (χ4n) is 3.38. The van der Waals surface area contributed by atoms with Crippen molar-refractivity contribution in [2.45, 2.75) is 31.8 Å². The molecule has 8 nitrogen and oxygen atoms in total. The van der Waals surface area contributed by atoms with Crippen LogP contribution in [0.4, 0.5) is 0 Å². The number of hydrogen-bond acceptors (Lipinski definition) is 5. The lowest BCUT2D eigenvalue weighted by Gasteiger charge is -2.31. The van der Waals surface area contributed by atoms with E-state index in [2.05, 4.69) is 19.7 Å². The molecular weight excluding hydrogens is 332 g/mol. The Bertz CT molecular complexity index is 817. The maximum absolute atomic E-state index is 12.5. The standard InChI is InChI=1S/C18H26N6O2/c1-21(2)12-15-19-20-18(22(15)3)14-7-10-23(11-8-14)17(26)13-24-9-5-4-6-16(24)25/h4-6,9,14H,7-8,10-13H2,1-3H3. The van der Waals surface area contributed by atoms with E-state index in [0.29, 0.717) is 19.0 Å². The average Bonchev–Trinajstić information content (AvgIpc) is 2.97. The van der Waals surface area contributed by atoms with Crippen LogP contribution in [0.15, 0.2) is 29.2 Å². The Labute approximate surface area is 153 Å². The molecule has 1 saturated heterocycles. The summed E-state index contributed by atoms with van der Waals surface area (Å²) in [6.45, 7) is 2.22. The Morgan fingerprint density at radius 3 is 2.62 bits per heavy atom. The zero-order chi connectivity index (χ0) is 18.7. The first-order valence-electron chi connectivity index (χ1n) is 8.92. The number of piperidine rings is 1. The largest absolute Gasteiger partial charge is 0.341 e. The van der Waals surface area contributed by atoms with Crippen molar-refractivity contribution in [1.82, 2.24) is 29.1 Å². The van der Waals surface area contributed by atoms with Gasteiger partial charge in [0.05, 0.1) is 6.54 Å². The Hall–Kier alpha value is -2.48. The van der Waals surface area contributed by atoms with Crippen molar-refractivity contribution in [2.75, 3.05) is 27.2 Å². The number of nitrogens with zero attached hydrogens (tertiary/aromatic N) is 6. The summed E-state index contributed by atoms with van der Waals surface area (Å²) >= 11 is 0. The molecule has 0 aliphatic carbocycles. The quantitative estimate of drug-likeness (QED) is 0.775. The molecule has 1 fully saturated rings. The summed E-state index contributed by atoms with van der Waals surface area (Å²) in [5, 5.41) is 8.68. The van der Waals surface area contributed by atoms with E-state index >= 15 is 0 Å². The van der Waals surface area contributed by atoms with E-state index in [1.807, 2.05) is 26.0 Å². The molecule has 8 heteroatoms. The average molecular weight is 358 g/mol. The molecule has 2 aromatic heterocycles. The van der Waals surface area contributed by atoms with Crippen LogP contribution >= 0.6 is 0 Å². The summed E-state index contributed by atoms with van der Waals surface area (Å²) in [7, 11) is 6.03. The number of amides is 1. The van der Waals surface area contributed by atoms with Crippen molar-refractivity contribution in [2.24, 2.45) is 7.05 Å². The lowest BCUT2D eigenvalue weighted by molar-refractivity contribution is -0.133. The number of pyridine rings is 1. The topological polar surface area (TPSA) is 76.3 Å². The third kappa shape index (κ3) is 4.01. The van der Waals surface area contributed by atoms with Crippen LogP contribution in [0.3, 0.4) is 0 Å². The first kappa shape index (κ1) is 18.3. The highest BCUT2D eigenvalue weighted by molar-refractivity contribution is 5.76. The first-order valence-corrected chi connectivity index (χ1v) is 8.92. The molecular formula is C18H26N6O2. The lowest BCUT2D eigenvalue weighted by Crippen LogP contribution is -2.41. The van der Waals surface area contributed by atoms with Crippen LogP contribution in [-0.2, 0) is 24.9 Å². The summed E-state index contributed by atoms with van der Waals surface area (Å²) in [5.74, 6) is 2.25. The molecule has 3 heterocycles. The molecule has 0 N–H and O–H groups in total. The zero-order valence-electron chi connectivity index (χ0n) is 15.6. The molecule has 1 aliphatic heterocycles. The maximum atomic E-state index is 12.5. The van der Waals surface area contributed by atoms with Crippen LogP contribution in [-0.4, -0.2) is 62.2 Å². The highest BCUT2D eigenvalue weighted by Gasteiger charge is 2.27. The van der Waals surface area contributed by atoms with E-state index in [1.165, 1.54) is 10.6 Å². The minimum Gasteiger partial charge on any atom is -0.341 e. The van der Waals surface area contributed by atoms with E-state index in [1.54, 1.807) is 18.3 Å². The summed E-state index contributed by atoms with van der Waals surface area (Å²) in [4.78, 5) is 28.2. The zero-order valence-corrected chi connectivity index (χ0v) is 15.6. The van der Waals surface area contributed by atoms with E-state index in [-0.39, 0.29) is 18.0 Å². The second kappa shape index (κ2) is 7.82. The van der Waals surface area contributed by atoms with Gasteiger partial charge in [0.2, 0.25) is 5.91 Å². The van der Waals surface area contributed by atoms with Crippen LogP contribution in [0.25, 0.3) is 0 Å². The molecule has 3 rings (SSSR count). The van der Waals surface area contributed by atoms with Gasteiger partial charge in [-0.05, 0) is 33.0 Å². The van der Waals surface area contributed by atoms with E-state index < -0.39 is 0 Å². The minimum atomic E-state index is -0.150. The molecule has 2 aromatic rings. The van der Waals surface area contributed by atoms with E-state index in [4.69, 9.17) is 0 Å². The van der Waals surface area contributed by atoms with Crippen molar-refractivity contribution in [1.29, 1.82) is 0 Å². The Morgan fingerprint density at radius 2 is 1.96 bits per heavy atom. The van der Waals surface area contributed by atoms with E-state index in [9.17, 15) is 9.59 Å². The van der Waals surface area contributed by atoms with Gasteiger partial charge in [0.25, 0.3) is 5.56 Å². The van der Waals surface area contributed by atoms with Crippen molar-refractivity contribution >= 4 is 5.91 Å². The fraction of sp³-hybridized carbons (Fsp3) is 0.556. The second-order valence-corrected chi connectivity index (χ2v) is 7.09. The number of rotatable bonds is 5. The Morgan fingerprint density at radius 1 is 1.23 bits per heavy atom. The SMILES string of the molecule is CN(C)Cc1nnc(C2CCN(C(=O)Cn3ccccc3=O)CC2)n1C. The van der Waals surface area contributed by atoms with Crippen molar-refractivity contribution < 1.29 is 4.79 Å². The van der Waals surface area contributed by atoms with Crippen LogP contribution in [0.5, 0.6) is 0 Å². The molecule has 0 atom stereocenters. The fourth-order valence-corrected chi connectivity index (χ4v) is 3.38. The van der Waals surface area contributed by atoms with Gasteiger partial charge >= 0.3 is 0 Å². The van der Waals surface area contributed by atoms with Gasteiger partial charge in [-0.15, -0.1) is 10.2 Å². The lowest BCUT2D eigenvalue weighted by atomic mass is 9.96. The third-order valence-electron chi connectivity index (χ3n) is 4.87. The van der Waals surface area contributed by atoms with Crippen LogP contribution in [0.1, 0.15) is 30.4 Å². The molecule has 0 saturated carbocycles. The molecule has 0 bridgehead atoms. The number of likely N-dealkylation sites (tertiary alicyclic amines) is 1. The van der Waals surface area contributed by atoms with Gasteiger partial charge < -0.3 is 18.9 Å². The van der Waals surface area contributed by atoms with Gasteiger partial charge in [0.1, 0.15) is 18.2 Å². The van der Waals surface area contributed by atoms with Gasteiger partial charge in [-0.1, -0.05) is 6.07 Å². The Kier molecular flexibility index (Phi) is 5.51. The van der Waals surface area contributed by atoms with Crippen molar-refractivity contribution in [3.63, 3.8) is 0 Å². The number of hydrogen-bond donors (Lipinski definition) is 0. The predicted molar refractivity (Wildman–Crippen MR) is 97.7 cm³/mol. The predicted octanol–water partition coefficient (Wildman–Crippen LogP) is 0.445. The van der Waals surface area contributed by atoms with Gasteiger partial charge in [-0.25, -0.2) is 0 Å². The summed E-state index contributed by atoms with van der Waals surface area (Å²) in [6.07, 6.45) is 3.38. The van der Waals surface area contributed by atoms with Crippen molar-refractivity contribution in [3.05, 3.63) is 46.4 Å². The number of aromatic nitrogens is 4. The maximum Gasteiger partial charge on any atom is 0.250 e. The third-order valence-corrected chi connectivity index (χ3v) is 4.87. The second-order valence-electron chi connectivity index (χ2n) is 7.09. The Balaban J connectivity index is 1.59. The molecule has 1 aliphatic rings. The monoisotopic (exact) mass is 358 g/mol. The van der Waals surface area contributed by atoms with Crippen molar-refractivity contribution in [3.8, 4) is 0 Å². The molecule has 140 valence electrons. The molecule has 0 unspecified atom stereocenters. The number of carbonyl (C=O) groups excluding carboxylic acids is 1. The first-order chi connectivity index (χ1) is 12.5. The highest BCUT2D eigenvalue weighted by atomic mass is 16.2. The normalized spacial score (nSPS) is 15.6. The highest BCUT2D eigenvalue weighted by Crippen LogP contribution is 2.27. The van der Waals surface area contributed by atoms with Gasteiger partial charge in [-0.2, -0.15) is 0 Å². The van der Waals surface area contributed by atoms with Crippen LogP contribution in [0, 0.1) is 0 Å². The van der Waals surface area contributed by atoms with Gasteiger partial charge in [0.15, 0.2) is 0 Å². The summed E-state index contributed by atoms with van der Waals surface area (Å²) in [5.41, 5.74) is -0.150. The van der Waals surface area contributed by atoms with Crippen LogP contribution in [0.2, 0.25) is 0 Å². The molecule has 0 spiro atoms. The van der Waals surface area contributed by atoms with E-state index in [0.717, 1.165) is 31.0 Å². The molecule has 26 heavy (non-hydrogen) atoms. The van der Waals surface area contributed by atoms with Gasteiger partial charge in [-0.3, -0.25) is 9.59 Å². The molecule has 0 radical (unpaired) electrons. The summed E-state index contributed by atoms with van der Waals surface area (Å²) < 4.78 is 3.52.